The molecule has 0 saturated heterocycles. The third-order valence-corrected chi connectivity index (χ3v) is 5.02. The summed E-state index contributed by atoms with van der Waals surface area (Å²) >= 11 is 1.38. The molecule has 3 N–H and O–H groups in total. The quantitative estimate of drug-likeness (QED) is 0.810. The van der Waals surface area contributed by atoms with Gasteiger partial charge in [-0.3, -0.25) is 4.79 Å². The van der Waals surface area contributed by atoms with E-state index in [1.807, 2.05) is 0 Å². The van der Waals surface area contributed by atoms with Crippen LogP contribution in [0, 0.1) is 11.8 Å². The van der Waals surface area contributed by atoms with Crippen LogP contribution in [0.15, 0.2) is 0 Å². The Kier molecular flexibility index (Phi) is 4.86. The van der Waals surface area contributed by atoms with Crippen LogP contribution in [-0.2, 0) is 0 Å². The van der Waals surface area contributed by atoms with Crippen molar-refractivity contribution in [1.82, 2.24) is 10.3 Å². The number of thiazole rings is 1. The minimum absolute atomic E-state index is 0.0918. The van der Waals surface area contributed by atoms with Crippen molar-refractivity contribution in [2.45, 2.75) is 33.6 Å². The van der Waals surface area contributed by atoms with Gasteiger partial charge in [-0.25, -0.2) is 4.98 Å². The van der Waals surface area contributed by atoms with Crippen LogP contribution in [-0.4, -0.2) is 30.5 Å². The van der Waals surface area contributed by atoms with Gasteiger partial charge in [0.05, 0.1) is 0 Å². The number of amides is 1. The van der Waals surface area contributed by atoms with Crippen molar-refractivity contribution in [3.8, 4) is 0 Å². The molecule has 1 fully saturated rings. The Balaban J connectivity index is 1.98. The van der Waals surface area contributed by atoms with E-state index in [-0.39, 0.29) is 5.91 Å². The summed E-state index contributed by atoms with van der Waals surface area (Å²) in [6.07, 6.45) is 2.59. The molecule has 5 nitrogen and oxygen atoms in total. The number of nitrogens with two attached hydrogens (primary N) is 1. The molecule has 0 aliphatic heterocycles. The van der Waals surface area contributed by atoms with Crippen LogP contribution in [0.25, 0.3) is 0 Å². The molecule has 0 aromatic carbocycles. The topological polar surface area (TPSA) is 71.2 Å². The van der Waals surface area contributed by atoms with Crippen molar-refractivity contribution >= 4 is 28.2 Å². The predicted molar refractivity (Wildman–Crippen MR) is 84.3 cm³/mol. The SMILES string of the molecule is CCN(CC)c1nc(N)c(C(=O)NCC(C)C2CC2)s1. The maximum atomic E-state index is 12.2. The minimum Gasteiger partial charge on any atom is -0.382 e. The molecule has 1 unspecified atom stereocenters. The largest absolute Gasteiger partial charge is 0.382 e. The Morgan fingerprint density at radius 2 is 2.15 bits per heavy atom. The molecule has 1 heterocycles. The van der Waals surface area contributed by atoms with Crippen LogP contribution in [0.2, 0.25) is 0 Å². The molecule has 6 heteroatoms. The molecule has 112 valence electrons. The molecule has 0 spiro atoms. The van der Waals surface area contributed by atoms with Crippen molar-refractivity contribution in [1.29, 1.82) is 0 Å². The second kappa shape index (κ2) is 6.43. The van der Waals surface area contributed by atoms with Gasteiger partial charge in [-0.05, 0) is 38.5 Å². The lowest BCUT2D eigenvalue weighted by molar-refractivity contribution is 0.0951. The van der Waals surface area contributed by atoms with E-state index < -0.39 is 0 Å². The highest BCUT2D eigenvalue weighted by atomic mass is 32.1. The zero-order chi connectivity index (χ0) is 14.7. The molecule has 0 radical (unpaired) electrons. The summed E-state index contributed by atoms with van der Waals surface area (Å²) < 4.78 is 0. The number of nitrogens with one attached hydrogen (secondary N) is 1. The molecule has 1 aromatic heterocycles. The Morgan fingerprint density at radius 3 is 2.70 bits per heavy atom. The fraction of sp³-hybridized carbons (Fsp3) is 0.714. The van der Waals surface area contributed by atoms with Gasteiger partial charge in [0.2, 0.25) is 0 Å². The number of anilines is 2. The highest BCUT2D eigenvalue weighted by Crippen LogP contribution is 2.36. The number of hydrogen-bond donors (Lipinski definition) is 2. The van der Waals surface area contributed by atoms with Crippen LogP contribution in [0.1, 0.15) is 43.3 Å². The van der Waals surface area contributed by atoms with Gasteiger partial charge in [0.1, 0.15) is 10.7 Å². The molecule has 20 heavy (non-hydrogen) atoms. The number of hydrogen-bond acceptors (Lipinski definition) is 5. The smallest absolute Gasteiger partial charge is 0.265 e. The summed E-state index contributed by atoms with van der Waals surface area (Å²) in [6, 6.07) is 0. The summed E-state index contributed by atoms with van der Waals surface area (Å²) in [5.74, 6) is 1.59. The first-order valence-electron chi connectivity index (χ1n) is 7.36. The molecular formula is C14H24N4OS. The van der Waals surface area contributed by atoms with Crippen LogP contribution in [0.5, 0.6) is 0 Å². The molecule has 1 atom stereocenters. The van der Waals surface area contributed by atoms with Crippen molar-refractivity contribution < 1.29 is 4.79 Å². The van der Waals surface area contributed by atoms with Crippen molar-refractivity contribution in [3.63, 3.8) is 0 Å². The highest BCUT2D eigenvalue weighted by molar-refractivity contribution is 7.18. The molecular weight excluding hydrogens is 272 g/mol. The lowest BCUT2D eigenvalue weighted by Crippen LogP contribution is -2.28. The zero-order valence-electron chi connectivity index (χ0n) is 12.5. The Morgan fingerprint density at radius 1 is 1.50 bits per heavy atom. The number of nitrogens with zero attached hydrogens (tertiary/aromatic N) is 2. The predicted octanol–water partition coefficient (Wildman–Crippen LogP) is 2.35. The van der Waals surface area contributed by atoms with Gasteiger partial charge in [-0.15, -0.1) is 0 Å². The second-order valence-corrected chi connectivity index (χ2v) is 6.39. The van der Waals surface area contributed by atoms with E-state index in [1.165, 1.54) is 24.2 Å². The van der Waals surface area contributed by atoms with Gasteiger partial charge in [0.15, 0.2) is 5.13 Å². The third kappa shape index (κ3) is 3.42. The first-order valence-corrected chi connectivity index (χ1v) is 8.17. The van der Waals surface area contributed by atoms with Gasteiger partial charge < -0.3 is 16.0 Å². The lowest BCUT2D eigenvalue weighted by Gasteiger charge is -2.16. The summed E-state index contributed by atoms with van der Waals surface area (Å²) in [5, 5.41) is 3.81. The molecule has 1 aromatic rings. The summed E-state index contributed by atoms with van der Waals surface area (Å²) in [6.45, 7) is 8.78. The highest BCUT2D eigenvalue weighted by Gasteiger charge is 2.28. The van der Waals surface area contributed by atoms with Gasteiger partial charge in [-0.1, -0.05) is 18.3 Å². The van der Waals surface area contributed by atoms with Crippen LogP contribution in [0.4, 0.5) is 10.9 Å². The van der Waals surface area contributed by atoms with E-state index in [9.17, 15) is 4.79 Å². The minimum atomic E-state index is -0.0918. The monoisotopic (exact) mass is 296 g/mol. The van der Waals surface area contributed by atoms with E-state index in [1.54, 1.807) is 0 Å². The Hall–Kier alpha value is -1.30. The summed E-state index contributed by atoms with van der Waals surface area (Å²) in [7, 11) is 0. The number of carbonyl (C=O) groups excluding carboxylic acids is 1. The lowest BCUT2D eigenvalue weighted by atomic mass is 10.1. The number of carbonyl (C=O) groups is 1. The normalized spacial score (nSPS) is 15.9. The fourth-order valence-electron chi connectivity index (χ4n) is 2.28. The first kappa shape index (κ1) is 15.1. The number of nitrogen functional groups attached to an aromatic ring is 1. The molecule has 1 saturated carbocycles. The summed E-state index contributed by atoms with van der Waals surface area (Å²) in [5.41, 5.74) is 5.88. The molecule has 2 rings (SSSR count). The maximum Gasteiger partial charge on any atom is 0.265 e. The van der Waals surface area contributed by atoms with E-state index in [0.29, 0.717) is 16.6 Å². The van der Waals surface area contributed by atoms with Gasteiger partial charge in [0, 0.05) is 19.6 Å². The van der Waals surface area contributed by atoms with E-state index in [4.69, 9.17) is 5.73 Å². The van der Waals surface area contributed by atoms with Crippen molar-refractivity contribution in [3.05, 3.63) is 4.88 Å². The fourth-order valence-corrected chi connectivity index (χ4v) is 3.31. The molecule has 0 bridgehead atoms. The average Bonchev–Trinajstić information content (AvgIpc) is 3.21. The van der Waals surface area contributed by atoms with Gasteiger partial charge in [-0.2, -0.15) is 0 Å². The van der Waals surface area contributed by atoms with Crippen molar-refractivity contribution in [2.24, 2.45) is 11.8 Å². The first-order chi connectivity index (χ1) is 9.56. The average molecular weight is 296 g/mol. The Labute approximate surface area is 124 Å². The standard InChI is InChI=1S/C14H24N4OS/c1-4-18(5-2)14-17-12(15)11(20-14)13(19)16-8-9(3)10-6-7-10/h9-10H,4-8,15H2,1-3H3,(H,16,19). The van der Waals surface area contributed by atoms with Gasteiger partial charge in [0.25, 0.3) is 5.91 Å². The van der Waals surface area contributed by atoms with Crippen LogP contribution < -0.4 is 16.0 Å². The Bertz CT molecular complexity index is 466. The van der Waals surface area contributed by atoms with Crippen LogP contribution >= 0.6 is 11.3 Å². The number of rotatable bonds is 7. The summed E-state index contributed by atoms with van der Waals surface area (Å²) in [4.78, 5) is 19.1. The maximum absolute atomic E-state index is 12.2. The van der Waals surface area contributed by atoms with Crippen molar-refractivity contribution in [2.75, 3.05) is 30.3 Å². The zero-order valence-corrected chi connectivity index (χ0v) is 13.3. The number of aromatic nitrogens is 1. The third-order valence-electron chi connectivity index (χ3n) is 3.89. The molecule has 1 aliphatic rings. The van der Waals surface area contributed by atoms with E-state index >= 15 is 0 Å². The van der Waals surface area contributed by atoms with E-state index in [0.717, 1.165) is 30.7 Å². The second-order valence-electron chi connectivity index (χ2n) is 5.41. The van der Waals surface area contributed by atoms with E-state index in [2.05, 4.69) is 36.0 Å². The van der Waals surface area contributed by atoms with Gasteiger partial charge >= 0.3 is 0 Å². The van der Waals surface area contributed by atoms with Crippen LogP contribution in [0.3, 0.4) is 0 Å². The molecule has 1 amide bonds. The molecule has 1 aliphatic carbocycles.